The van der Waals surface area contributed by atoms with Crippen LogP contribution < -0.4 is 4.74 Å². The van der Waals surface area contributed by atoms with Crippen LogP contribution in [0.3, 0.4) is 0 Å². The molecule has 128 valence electrons. The van der Waals surface area contributed by atoms with Crippen LogP contribution in [0.4, 0.5) is 0 Å². The van der Waals surface area contributed by atoms with Crippen molar-refractivity contribution in [2.75, 3.05) is 0 Å². The summed E-state index contributed by atoms with van der Waals surface area (Å²) in [5, 5.41) is 0. The van der Waals surface area contributed by atoms with Gasteiger partial charge in [0.2, 0.25) is 5.90 Å². The van der Waals surface area contributed by atoms with Gasteiger partial charge >= 0.3 is 5.97 Å². The Morgan fingerprint density at radius 1 is 1.20 bits per heavy atom. The van der Waals surface area contributed by atoms with Gasteiger partial charge in [0.15, 0.2) is 5.70 Å². The van der Waals surface area contributed by atoms with E-state index in [1.165, 1.54) is 0 Å². The predicted octanol–water partition coefficient (Wildman–Crippen LogP) is 4.89. The molecule has 0 bridgehead atoms. The van der Waals surface area contributed by atoms with Crippen molar-refractivity contribution in [2.45, 2.75) is 26.9 Å². The maximum atomic E-state index is 12.1. The van der Waals surface area contributed by atoms with Crippen molar-refractivity contribution in [3.63, 3.8) is 0 Å². The first-order valence-corrected chi connectivity index (χ1v) is 8.77. The zero-order valence-electron chi connectivity index (χ0n) is 14.2. The van der Waals surface area contributed by atoms with E-state index in [-0.39, 0.29) is 11.8 Å². The van der Waals surface area contributed by atoms with Crippen LogP contribution in [-0.4, -0.2) is 18.0 Å². The molecule has 0 saturated heterocycles. The molecule has 1 aliphatic heterocycles. The Kier molecular flexibility index (Phi) is 5.04. The van der Waals surface area contributed by atoms with Gasteiger partial charge in [-0.15, -0.1) is 0 Å². The van der Waals surface area contributed by atoms with Crippen molar-refractivity contribution in [1.29, 1.82) is 0 Å². The highest BCUT2D eigenvalue weighted by molar-refractivity contribution is 9.10. The van der Waals surface area contributed by atoms with Crippen LogP contribution in [0.25, 0.3) is 6.08 Å². The lowest BCUT2D eigenvalue weighted by Gasteiger charge is -2.09. The number of halogens is 1. The number of nitrogens with zero attached hydrogens (tertiary/aromatic N) is 1. The van der Waals surface area contributed by atoms with Crippen molar-refractivity contribution < 1.29 is 14.3 Å². The molecular formula is C20H18BrNO3. The number of esters is 1. The number of rotatable bonds is 4. The molecule has 1 aliphatic rings. The molecule has 0 fully saturated rings. The molecule has 0 N–H and O–H groups in total. The topological polar surface area (TPSA) is 47.9 Å². The van der Waals surface area contributed by atoms with E-state index in [1.54, 1.807) is 6.08 Å². The maximum Gasteiger partial charge on any atom is 0.363 e. The molecular weight excluding hydrogens is 382 g/mol. The monoisotopic (exact) mass is 399 g/mol. The highest BCUT2D eigenvalue weighted by Crippen LogP contribution is 2.24. The fourth-order valence-electron chi connectivity index (χ4n) is 2.42. The second-order valence-corrected chi connectivity index (χ2v) is 6.89. The Morgan fingerprint density at radius 2 is 2.00 bits per heavy atom. The summed E-state index contributed by atoms with van der Waals surface area (Å²) in [4.78, 5) is 16.5. The summed E-state index contributed by atoms with van der Waals surface area (Å²) in [6, 6.07) is 13.2. The molecule has 3 rings (SSSR count). The minimum absolute atomic E-state index is 0.0876. The highest BCUT2D eigenvalue weighted by atomic mass is 79.9. The number of aliphatic imine (C=N–C) groups is 1. The van der Waals surface area contributed by atoms with Crippen LogP contribution in [0.5, 0.6) is 5.75 Å². The Hall–Kier alpha value is -2.40. The second kappa shape index (κ2) is 7.23. The normalized spacial score (nSPS) is 15.5. The van der Waals surface area contributed by atoms with E-state index in [0.29, 0.717) is 5.90 Å². The Labute approximate surface area is 155 Å². The van der Waals surface area contributed by atoms with E-state index in [0.717, 1.165) is 26.9 Å². The fourth-order valence-corrected chi connectivity index (χ4v) is 2.66. The van der Waals surface area contributed by atoms with E-state index in [2.05, 4.69) is 20.9 Å². The molecule has 0 aromatic heterocycles. The number of ether oxygens (including phenoxy) is 2. The minimum Gasteiger partial charge on any atom is -0.491 e. The van der Waals surface area contributed by atoms with Crippen LogP contribution in [-0.2, 0) is 9.53 Å². The molecule has 0 radical (unpaired) electrons. The van der Waals surface area contributed by atoms with Crippen molar-refractivity contribution in [3.05, 3.63) is 69.3 Å². The van der Waals surface area contributed by atoms with Gasteiger partial charge in [-0.3, -0.25) is 0 Å². The summed E-state index contributed by atoms with van der Waals surface area (Å²) < 4.78 is 12.0. The van der Waals surface area contributed by atoms with Crippen LogP contribution >= 0.6 is 15.9 Å². The summed E-state index contributed by atoms with van der Waals surface area (Å²) in [7, 11) is 0. The molecule has 1 heterocycles. The average molecular weight is 400 g/mol. The van der Waals surface area contributed by atoms with Gasteiger partial charge in [-0.2, -0.15) is 0 Å². The van der Waals surface area contributed by atoms with Crippen LogP contribution in [0.2, 0.25) is 0 Å². The summed E-state index contributed by atoms with van der Waals surface area (Å²) in [6.45, 7) is 5.91. The largest absolute Gasteiger partial charge is 0.491 e. The van der Waals surface area contributed by atoms with Crippen molar-refractivity contribution in [1.82, 2.24) is 0 Å². The molecule has 5 heteroatoms. The van der Waals surface area contributed by atoms with Gasteiger partial charge in [0.05, 0.1) is 6.10 Å². The molecule has 25 heavy (non-hydrogen) atoms. The van der Waals surface area contributed by atoms with E-state index in [1.807, 2.05) is 63.2 Å². The quantitative estimate of drug-likeness (QED) is 0.543. The molecule has 4 nitrogen and oxygen atoms in total. The number of carbonyl (C=O) groups is 1. The van der Waals surface area contributed by atoms with Crippen molar-refractivity contribution in [2.24, 2.45) is 4.99 Å². The third-order valence-corrected chi connectivity index (χ3v) is 4.45. The van der Waals surface area contributed by atoms with Gasteiger partial charge in [-0.25, -0.2) is 9.79 Å². The van der Waals surface area contributed by atoms with Crippen molar-refractivity contribution >= 4 is 33.9 Å². The van der Waals surface area contributed by atoms with E-state index >= 15 is 0 Å². The Morgan fingerprint density at radius 3 is 2.72 bits per heavy atom. The summed E-state index contributed by atoms with van der Waals surface area (Å²) >= 11 is 3.46. The lowest BCUT2D eigenvalue weighted by molar-refractivity contribution is -0.129. The smallest absolute Gasteiger partial charge is 0.363 e. The zero-order valence-corrected chi connectivity index (χ0v) is 15.8. The van der Waals surface area contributed by atoms with Crippen LogP contribution in [0.15, 0.2) is 57.6 Å². The molecule has 0 spiro atoms. The Balaban J connectivity index is 1.89. The second-order valence-electron chi connectivity index (χ2n) is 6.04. The zero-order chi connectivity index (χ0) is 18.0. The molecule has 2 aromatic carbocycles. The van der Waals surface area contributed by atoms with E-state index in [9.17, 15) is 4.79 Å². The van der Waals surface area contributed by atoms with Gasteiger partial charge in [0.25, 0.3) is 0 Å². The van der Waals surface area contributed by atoms with Gasteiger partial charge in [0.1, 0.15) is 5.75 Å². The molecule has 0 atom stereocenters. The number of carbonyl (C=O) groups excluding carboxylic acids is 1. The maximum absolute atomic E-state index is 12.1. The number of aryl methyl sites for hydroxylation is 1. The minimum atomic E-state index is -0.453. The number of hydrogen-bond acceptors (Lipinski definition) is 4. The van der Waals surface area contributed by atoms with E-state index < -0.39 is 5.97 Å². The first-order valence-electron chi connectivity index (χ1n) is 7.98. The van der Waals surface area contributed by atoms with Gasteiger partial charge in [0, 0.05) is 10.0 Å². The van der Waals surface area contributed by atoms with Gasteiger partial charge in [-0.05, 0) is 68.3 Å². The first-order chi connectivity index (χ1) is 11.9. The van der Waals surface area contributed by atoms with Gasteiger partial charge < -0.3 is 9.47 Å². The third-order valence-electron chi connectivity index (χ3n) is 3.56. The molecule has 0 unspecified atom stereocenters. The number of benzene rings is 2. The standard InChI is InChI=1S/C20H18BrNO3/c1-12(2)24-16-6-4-5-14(10-16)11-18-20(23)25-19(22-18)15-7-8-17(21)13(3)9-15/h4-12H,1-3H3/b18-11-. The molecule has 0 saturated carbocycles. The lowest BCUT2D eigenvalue weighted by Crippen LogP contribution is -2.06. The van der Waals surface area contributed by atoms with Crippen LogP contribution in [0.1, 0.15) is 30.5 Å². The average Bonchev–Trinajstić information content (AvgIpc) is 2.91. The first kappa shape index (κ1) is 17.4. The van der Waals surface area contributed by atoms with Gasteiger partial charge in [-0.1, -0.05) is 28.1 Å². The molecule has 0 aliphatic carbocycles. The fraction of sp³-hybridized carbons (Fsp3) is 0.200. The summed E-state index contributed by atoms with van der Waals surface area (Å²) in [6.07, 6.45) is 1.79. The van der Waals surface area contributed by atoms with Crippen LogP contribution in [0, 0.1) is 6.92 Å². The highest BCUT2D eigenvalue weighted by Gasteiger charge is 2.24. The number of hydrogen-bond donors (Lipinski definition) is 0. The van der Waals surface area contributed by atoms with E-state index in [4.69, 9.17) is 9.47 Å². The summed E-state index contributed by atoms with van der Waals surface area (Å²) in [5.74, 6) is 0.621. The summed E-state index contributed by atoms with van der Waals surface area (Å²) in [5.41, 5.74) is 2.93. The Bertz CT molecular complexity index is 884. The SMILES string of the molecule is Cc1cc(C2=N/C(=C\c3cccc(OC(C)C)c3)C(=O)O2)ccc1Br. The molecule has 2 aromatic rings. The lowest BCUT2D eigenvalue weighted by atomic mass is 10.1. The third kappa shape index (κ3) is 4.17. The molecule has 0 amide bonds. The number of cyclic esters (lactones) is 1. The van der Waals surface area contributed by atoms with Crippen molar-refractivity contribution in [3.8, 4) is 5.75 Å². The predicted molar refractivity (Wildman–Crippen MR) is 102 cm³/mol.